The van der Waals surface area contributed by atoms with Gasteiger partial charge in [0.25, 0.3) is 15.0 Å². The maximum atomic E-state index is 14.1. The Morgan fingerprint density at radius 2 is 1.75 bits per heavy atom. The molecule has 20 heavy (non-hydrogen) atoms. The summed E-state index contributed by atoms with van der Waals surface area (Å²) in [5.74, 6) is -3.38. The molecule has 0 unspecified atom stereocenters. The highest BCUT2D eigenvalue weighted by Gasteiger charge is 2.29. The first-order valence-electron chi connectivity index (χ1n) is 6.04. The van der Waals surface area contributed by atoms with E-state index in [1.54, 1.807) is 0 Å². The summed E-state index contributed by atoms with van der Waals surface area (Å²) < 4.78 is 50.2. The van der Waals surface area contributed by atoms with Gasteiger partial charge in [-0.1, -0.05) is 0 Å². The lowest BCUT2D eigenvalue weighted by Gasteiger charge is -2.27. The smallest absolute Gasteiger partial charge is 0.264 e. The minimum Gasteiger partial charge on any atom is -0.338 e. The van der Waals surface area contributed by atoms with E-state index >= 15 is 0 Å². The van der Waals surface area contributed by atoms with Gasteiger partial charge in [-0.2, -0.15) is 0 Å². The zero-order valence-electron chi connectivity index (χ0n) is 10.4. The van der Waals surface area contributed by atoms with Gasteiger partial charge in [-0.05, 0) is 31.4 Å². The highest BCUT2D eigenvalue weighted by molar-refractivity contribution is 8.13. The normalized spacial score (nSPS) is 16.2. The van der Waals surface area contributed by atoms with Crippen molar-refractivity contribution in [3.8, 4) is 0 Å². The van der Waals surface area contributed by atoms with Crippen LogP contribution < -0.4 is 0 Å². The molecule has 0 aromatic heterocycles. The molecule has 110 valence electrons. The van der Waals surface area contributed by atoms with Crippen LogP contribution >= 0.6 is 10.7 Å². The number of likely N-dealkylation sites (tertiary alicyclic amines) is 1. The summed E-state index contributed by atoms with van der Waals surface area (Å²) >= 11 is 0. The van der Waals surface area contributed by atoms with Gasteiger partial charge in [-0.15, -0.1) is 0 Å². The topological polar surface area (TPSA) is 54.5 Å². The number of halogens is 3. The van der Waals surface area contributed by atoms with Crippen molar-refractivity contribution < 1.29 is 22.0 Å². The van der Waals surface area contributed by atoms with Crippen molar-refractivity contribution in [1.82, 2.24) is 4.90 Å². The van der Waals surface area contributed by atoms with E-state index < -0.39 is 37.1 Å². The summed E-state index contributed by atoms with van der Waals surface area (Å²) in [5.41, 5.74) is -0.867. The minimum atomic E-state index is -4.38. The molecule has 1 aliphatic rings. The van der Waals surface area contributed by atoms with Crippen LogP contribution in [0, 0.1) is 11.6 Å². The molecule has 0 spiro atoms. The van der Waals surface area contributed by atoms with E-state index in [4.69, 9.17) is 10.7 Å². The highest BCUT2D eigenvalue weighted by atomic mass is 35.7. The highest BCUT2D eigenvalue weighted by Crippen LogP contribution is 2.25. The lowest BCUT2D eigenvalue weighted by Crippen LogP contribution is -2.36. The second-order valence-corrected chi connectivity index (χ2v) is 7.06. The van der Waals surface area contributed by atoms with Crippen LogP contribution in [0.2, 0.25) is 0 Å². The van der Waals surface area contributed by atoms with Crippen molar-refractivity contribution in [2.75, 3.05) is 13.1 Å². The predicted octanol–water partition coefficient (Wildman–Crippen LogP) is 2.52. The second-order valence-electron chi connectivity index (χ2n) is 4.53. The van der Waals surface area contributed by atoms with Gasteiger partial charge in [0, 0.05) is 23.8 Å². The molecule has 1 amide bonds. The fourth-order valence-electron chi connectivity index (χ4n) is 2.17. The largest absolute Gasteiger partial charge is 0.338 e. The molecular formula is C12H12ClF2NO3S. The molecule has 4 nitrogen and oxygen atoms in total. The quantitative estimate of drug-likeness (QED) is 0.786. The molecular weight excluding hydrogens is 312 g/mol. The Kier molecular flexibility index (Phi) is 4.29. The fourth-order valence-corrected chi connectivity index (χ4v) is 3.08. The molecule has 0 saturated carbocycles. The lowest BCUT2D eigenvalue weighted by molar-refractivity contribution is 0.0713. The summed E-state index contributed by atoms with van der Waals surface area (Å²) in [6.07, 6.45) is 2.45. The Bertz CT molecular complexity index is 642. The molecule has 0 atom stereocenters. The van der Waals surface area contributed by atoms with Crippen LogP contribution in [0.25, 0.3) is 0 Å². The predicted molar refractivity (Wildman–Crippen MR) is 69.2 cm³/mol. The maximum absolute atomic E-state index is 14.1. The number of carbonyl (C=O) groups is 1. The summed E-state index contributed by atoms with van der Waals surface area (Å²) in [6, 6.07) is 1.44. The average Bonchev–Trinajstić information content (AvgIpc) is 2.38. The molecule has 1 aromatic carbocycles. The van der Waals surface area contributed by atoms with Crippen LogP contribution in [-0.2, 0) is 9.05 Å². The van der Waals surface area contributed by atoms with E-state index in [-0.39, 0.29) is 0 Å². The first-order chi connectivity index (χ1) is 9.32. The lowest BCUT2D eigenvalue weighted by atomic mass is 10.1. The Labute approximate surface area is 119 Å². The Morgan fingerprint density at radius 1 is 1.15 bits per heavy atom. The van der Waals surface area contributed by atoms with Crippen molar-refractivity contribution in [3.63, 3.8) is 0 Å². The molecule has 0 N–H and O–H groups in total. The number of hydrogen-bond acceptors (Lipinski definition) is 3. The van der Waals surface area contributed by atoms with E-state index in [0.717, 1.165) is 25.3 Å². The molecule has 1 fully saturated rings. The van der Waals surface area contributed by atoms with Crippen LogP contribution in [0.3, 0.4) is 0 Å². The van der Waals surface area contributed by atoms with Gasteiger partial charge in [-0.3, -0.25) is 4.79 Å². The van der Waals surface area contributed by atoms with Gasteiger partial charge in [0.2, 0.25) is 0 Å². The molecule has 1 saturated heterocycles. The van der Waals surface area contributed by atoms with Crippen molar-refractivity contribution in [3.05, 3.63) is 29.3 Å². The van der Waals surface area contributed by atoms with Crippen molar-refractivity contribution >= 4 is 25.6 Å². The van der Waals surface area contributed by atoms with Crippen LogP contribution in [0.1, 0.15) is 29.6 Å². The van der Waals surface area contributed by atoms with Gasteiger partial charge < -0.3 is 4.90 Å². The van der Waals surface area contributed by atoms with E-state index in [9.17, 15) is 22.0 Å². The zero-order valence-corrected chi connectivity index (χ0v) is 12.0. The molecule has 8 heteroatoms. The van der Waals surface area contributed by atoms with E-state index in [1.807, 2.05) is 0 Å². The van der Waals surface area contributed by atoms with Crippen molar-refractivity contribution in [2.45, 2.75) is 24.2 Å². The minimum absolute atomic E-state index is 0.398. The molecule has 0 aliphatic carbocycles. The Hall–Kier alpha value is -1.21. The van der Waals surface area contributed by atoms with Crippen molar-refractivity contribution in [1.29, 1.82) is 0 Å². The number of piperidine rings is 1. The number of rotatable bonds is 2. The van der Waals surface area contributed by atoms with E-state index in [1.165, 1.54) is 4.90 Å². The summed E-state index contributed by atoms with van der Waals surface area (Å²) in [6.45, 7) is 0.797. The van der Waals surface area contributed by atoms with Gasteiger partial charge in [0.05, 0.1) is 0 Å². The standard InChI is InChI=1S/C12H12ClF2NO3S/c13-20(18,19)9-5-4-8(14)10(11(9)15)12(17)16-6-2-1-3-7-16/h4-5H,1-3,6-7H2. The van der Waals surface area contributed by atoms with Crippen LogP contribution in [0.4, 0.5) is 8.78 Å². The summed E-state index contributed by atoms with van der Waals surface area (Å²) in [7, 11) is 0.686. The first kappa shape index (κ1) is 15.2. The Morgan fingerprint density at radius 3 is 2.30 bits per heavy atom. The van der Waals surface area contributed by atoms with Gasteiger partial charge in [0.1, 0.15) is 16.3 Å². The molecule has 1 aromatic rings. The number of benzene rings is 1. The Balaban J connectivity index is 2.47. The fraction of sp³-hybridized carbons (Fsp3) is 0.417. The summed E-state index contributed by atoms with van der Waals surface area (Å²) in [5, 5.41) is 0. The number of carbonyl (C=O) groups excluding carboxylic acids is 1. The third-order valence-corrected chi connectivity index (χ3v) is 4.51. The van der Waals surface area contributed by atoms with Gasteiger partial charge >= 0.3 is 0 Å². The number of hydrogen-bond donors (Lipinski definition) is 0. The molecule has 1 aliphatic heterocycles. The van der Waals surface area contributed by atoms with E-state index in [0.29, 0.717) is 19.2 Å². The second kappa shape index (κ2) is 5.65. The van der Waals surface area contributed by atoms with Gasteiger partial charge in [-0.25, -0.2) is 17.2 Å². The maximum Gasteiger partial charge on any atom is 0.264 e. The first-order valence-corrected chi connectivity index (χ1v) is 8.35. The van der Waals surface area contributed by atoms with E-state index in [2.05, 4.69) is 0 Å². The molecule has 1 heterocycles. The van der Waals surface area contributed by atoms with Crippen LogP contribution in [-0.4, -0.2) is 32.3 Å². The number of nitrogens with zero attached hydrogens (tertiary/aromatic N) is 1. The third-order valence-electron chi connectivity index (χ3n) is 3.18. The molecule has 2 rings (SSSR count). The molecule has 0 radical (unpaired) electrons. The van der Waals surface area contributed by atoms with Gasteiger partial charge in [0.15, 0.2) is 5.82 Å². The third kappa shape index (κ3) is 2.93. The SMILES string of the molecule is O=C(c1c(F)ccc(S(=O)(=O)Cl)c1F)N1CCCCC1. The number of amides is 1. The van der Waals surface area contributed by atoms with Crippen molar-refractivity contribution in [2.24, 2.45) is 0 Å². The monoisotopic (exact) mass is 323 g/mol. The average molecular weight is 324 g/mol. The summed E-state index contributed by atoms with van der Waals surface area (Å²) in [4.78, 5) is 12.6. The molecule has 0 bridgehead atoms. The zero-order chi connectivity index (χ0) is 14.9. The van der Waals surface area contributed by atoms with Crippen LogP contribution in [0.5, 0.6) is 0 Å². The van der Waals surface area contributed by atoms with Crippen LogP contribution in [0.15, 0.2) is 17.0 Å².